The number of aldehydes is 1. The second kappa shape index (κ2) is 13.6. The molecule has 4 aliphatic heterocycles. The number of nitrogens with one attached hydrogen (secondary N) is 2. The van der Waals surface area contributed by atoms with Crippen LogP contribution in [0.1, 0.15) is 73.6 Å². The van der Waals surface area contributed by atoms with Gasteiger partial charge in [-0.05, 0) is 86.4 Å². The zero-order valence-electron chi connectivity index (χ0n) is 27.4. The van der Waals surface area contributed by atoms with E-state index in [9.17, 15) is 19.5 Å². The fourth-order valence-electron chi connectivity index (χ4n) is 9.12. The predicted molar refractivity (Wildman–Crippen MR) is 177 cm³/mol. The molecule has 0 bridgehead atoms. The number of hydrogen-bond donors (Lipinski definition) is 3. The van der Waals surface area contributed by atoms with Crippen LogP contribution >= 0.6 is 0 Å². The smallest absolute Gasteiger partial charge is 0.414 e. The maximum atomic E-state index is 14.3. The first kappa shape index (κ1) is 32.3. The van der Waals surface area contributed by atoms with Crippen molar-refractivity contribution in [1.29, 1.82) is 0 Å². The van der Waals surface area contributed by atoms with Crippen molar-refractivity contribution in [1.82, 2.24) is 15.1 Å². The number of hydrogen-bond acceptors (Lipinski definition) is 6. The van der Waals surface area contributed by atoms with Gasteiger partial charge in [0.1, 0.15) is 18.6 Å². The second-order valence-electron chi connectivity index (χ2n) is 13.8. The van der Waals surface area contributed by atoms with Crippen molar-refractivity contribution in [2.24, 2.45) is 0 Å². The number of ether oxygens (including phenoxy) is 1. The van der Waals surface area contributed by atoms with E-state index in [1.54, 1.807) is 0 Å². The highest BCUT2D eigenvalue weighted by Gasteiger charge is 2.63. The molecule has 4 aliphatic rings. The Kier molecular flexibility index (Phi) is 9.57. The van der Waals surface area contributed by atoms with Crippen LogP contribution in [-0.2, 0) is 22.6 Å². The van der Waals surface area contributed by atoms with Crippen LogP contribution in [0.5, 0.6) is 5.75 Å². The zero-order chi connectivity index (χ0) is 32.3. The molecule has 248 valence electrons. The Morgan fingerprint density at radius 3 is 2.50 bits per heavy atom. The number of anilines is 1. The minimum Gasteiger partial charge on any atom is -0.507 e. The molecule has 2 aromatic rings. The number of quaternary nitrogens is 1. The number of piperidine rings is 3. The number of amides is 3. The molecule has 2 aromatic carbocycles. The van der Waals surface area contributed by atoms with Gasteiger partial charge in [0.25, 0.3) is 0 Å². The van der Waals surface area contributed by atoms with Crippen molar-refractivity contribution in [3.63, 3.8) is 0 Å². The van der Waals surface area contributed by atoms with E-state index < -0.39 is 11.8 Å². The molecule has 0 radical (unpaired) electrons. The van der Waals surface area contributed by atoms with Crippen LogP contribution in [-0.4, -0.2) is 94.8 Å². The van der Waals surface area contributed by atoms with Crippen molar-refractivity contribution in [2.75, 3.05) is 44.6 Å². The molecule has 0 aliphatic carbocycles. The number of phenols is 1. The summed E-state index contributed by atoms with van der Waals surface area (Å²) in [4.78, 5) is 44.8. The molecule has 0 spiro atoms. The summed E-state index contributed by atoms with van der Waals surface area (Å²) in [6.07, 6.45) is 7.90. The summed E-state index contributed by atoms with van der Waals surface area (Å²) < 4.78 is 6.78. The number of para-hydroxylation sites is 1. The molecule has 10 nitrogen and oxygen atoms in total. The van der Waals surface area contributed by atoms with Gasteiger partial charge in [-0.25, -0.2) is 9.59 Å². The third-order valence-corrected chi connectivity index (χ3v) is 11.3. The van der Waals surface area contributed by atoms with Crippen molar-refractivity contribution in [3.8, 4) is 5.75 Å². The minimum absolute atomic E-state index is 0.0814. The summed E-state index contributed by atoms with van der Waals surface area (Å²) in [6, 6.07) is 11.7. The molecule has 3 saturated heterocycles. The molecule has 2 atom stereocenters. The van der Waals surface area contributed by atoms with E-state index in [4.69, 9.17) is 4.74 Å². The van der Waals surface area contributed by atoms with Crippen LogP contribution in [0, 0.1) is 13.8 Å². The average Bonchev–Trinajstić information content (AvgIpc) is 3.24. The van der Waals surface area contributed by atoms with E-state index >= 15 is 0 Å². The maximum Gasteiger partial charge on any atom is 0.414 e. The van der Waals surface area contributed by atoms with E-state index in [1.807, 2.05) is 54.0 Å². The lowest BCUT2D eigenvalue weighted by molar-refractivity contribution is -1.01. The summed E-state index contributed by atoms with van der Waals surface area (Å²) >= 11 is 0. The molecule has 3 N–H and O–H groups in total. The van der Waals surface area contributed by atoms with Crippen molar-refractivity contribution in [3.05, 3.63) is 58.7 Å². The minimum atomic E-state index is -0.829. The molecule has 0 aromatic heterocycles. The van der Waals surface area contributed by atoms with E-state index in [0.717, 1.165) is 98.9 Å². The molecule has 4 heterocycles. The number of carbonyl (C=O) groups is 3. The number of rotatable bonds is 7. The van der Waals surface area contributed by atoms with Gasteiger partial charge in [-0.15, -0.1) is 0 Å². The molecule has 0 saturated carbocycles. The maximum absolute atomic E-state index is 14.3. The zero-order valence-corrected chi connectivity index (χ0v) is 27.4. The van der Waals surface area contributed by atoms with Crippen LogP contribution in [0.15, 0.2) is 36.4 Å². The van der Waals surface area contributed by atoms with Crippen molar-refractivity contribution in [2.45, 2.75) is 96.0 Å². The van der Waals surface area contributed by atoms with Crippen LogP contribution in [0.25, 0.3) is 0 Å². The van der Waals surface area contributed by atoms with E-state index in [1.165, 1.54) is 0 Å². The van der Waals surface area contributed by atoms with Crippen LogP contribution in [0.2, 0.25) is 0 Å². The number of carbonyl (C=O) groups excluding carboxylic acids is 3. The third-order valence-electron chi connectivity index (χ3n) is 11.3. The Bertz CT molecular complexity index is 1410. The van der Waals surface area contributed by atoms with E-state index in [0.29, 0.717) is 36.5 Å². The summed E-state index contributed by atoms with van der Waals surface area (Å²) in [7, 11) is 0. The van der Waals surface area contributed by atoms with Crippen LogP contribution in [0.4, 0.5) is 15.3 Å². The van der Waals surface area contributed by atoms with Crippen molar-refractivity contribution < 1.29 is 28.7 Å². The molecular formula is C36H50N5O5+. The Morgan fingerprint density at radius 1 is 1.07 bits per heavy atom. The first-order valence-electron chi connectivity index (χ1n) is 17.2. The monoisotopic (exact) mass is 632 g/mol. The number of phenolic OH excluding ortho intramolecular Hbond substituents is 1. The SMILES string of the molecule is Cc1cc(COC(=O)N2CC[C@@H](N3CCc4ccccc4NC3=O)C[C@]2(CC=O)[N+]2(C3CCNCC3)CCCCC2)cc(C)c1O. The Labute approximate surface area is 272 Å². The van der Waals surface area contributed by atoms with Gasteiger partial charge in [0.15, 0.2) is 5.66 Å². The number of nitrogens with zero attached hydrogens (tertiary/aromatic N) is 3. The summed E-state index contributed by atoms with van der Waals surface area (Å²) in [6.45, 7) is 8.41. The fraction of sp³-hybridized carbons (Fsp3) is 0.583. The predicted octanol–water partition coefficient (Wildman–Crippen LogP) is 5.24. The number of likely N-dealkylation sites (tertiary alicyclic amines) is 2. The molecule has 3 amide bonds. The Morgan fingerprint density at radius 2 is 1.78 bits per heavy atom. The lowest BCUT2D eigenvalue weighted by Gasteiger charge is -2.64. The van der Waals surface area contributed by atoms with Crippen LogP contribution in [0.3, 0.4) is 0 Å². The quantitative estimate of drug-likeness (QED) is 0.285. The van der Waals surface area contributed by atoms with E-state index in [2.05, 4.69) is 16.7 Å². The lowest BCUT2D eigenvalue weighted by Crippen LogP contribution is -2.80. The second-order valence-corrected chi connectivity index (χ2v) is 13.8. The highest BCUT2D eigenvalue weighted by Crippen LogP contribution is 2.47. The average molecular weight is 633 g/mol. The fourth-order valence-corrected chi connectivity index (χ4v) is 9.12. The molecule has 10 heteroatoms. The molecule has 46 heavy (non-hydrogen) atoms. The van der Waals surface area contributed by atoms with Gasteiger partial charge in [-0.1, -0.05) is 18.2 Å². The van der Waals surface area contributed by atoms with Gasteiger partial charge in [-0.2, -0.15) is 0 Å². The van der Waals surface area contributed by atoms with Gasteiger partial charge in [-0.3, -0.25) is 9.38 Å². The highest BCUT2D eigenvalue weighted by molar-refractivity contribution is 5.91. The molecule has 3 fully saturated rings. The first-order chi connectivity index (χ1) is 22.3. The molecular weight excluding hydrogens is 582 g/mol. The summed E-state index contributed by atoms with van der Waals surface area (Å²) in [5.74, 6) is 0.251. The van der Waals surface area contributed by atoms with E-state index in [-0.39, 0.29) is 30.9 Å². The number of aromatic hydroxyl groups is 1. The molecule has 0 unspecified atom stereocenters. The highest BCUT2D eigenvalue weighted by atomic mass is 16.6. The van der Waals surface area contributed by atoms with Crippen molar-refractivity contribution >= 4 is 24.1 Å². The first-order valence-corrected chi connectivity index (χ1v) is 17.2. The van der Waals surface area contributed by atoms with Crippen LogP contribution < -0.4 is 10.6 Å². The number of fused-ring (bicyclic) bond motifs is 1. The number of urea groups is 1. The van der Waals surface area contributed by atoms with Gasteiger partial charge in [0, 0.05) is 57.2 Å². The topological polar surface area (TPSA) is 111 Å². The standard InChI is InChI=1S/C36H49N5O5/c1-26-22-28(23-27(2)33(26)43)25-46-35(45)40-18-13-30(39-17-12-29-8-4-5-9-32(29)38-34(39)44)24-36(40,14-21-42)41(19-6-3-7-20-41)31-10-15-37-16-11-31/h4-5,8-9,21-23,30-31,37H,3,6-7,10-20,24-25H2,1-2H3,(H-,38,43,44)/p+1/t30-,36+/m1/s1. The third kappa shape index (κ3) is 5.97. The largest absolute Gasteiger partial charge is 0.507 e. The Balaban J connectivity index is 1.36. The number of aryl methyl sites for hydroxylation is 2. The summed E-state index contributed by atoms with van der Waals surface area (Å²) in [5.41, 5.74) is 3.44. The van der Waals surface area contributed by atoms with Gasteiger partial charge >= 0.3 is 12.1 Å². The molecule has 6 rings (SSSR count). The Hall–Kier alpha value is -3.63. The lowest BCUT2D eigenvalue weighted by atomic mass is 9.80. The van der Waals surface area contributed by atoms with Gasteiger partial charge in [0.05, 0.1) is 25.6 Å². The van der Waals surface area contributed by atoms with Gasteiger partial charge in [0.2, 0.25) is 0 Å². The van der Waals surface area contributed by atoms with Gasteiger partial charge < -0.3 is 30.2 Å². The summed E-state index contributed by atoms with van der Waals surface area (Å²) in [5, 5.41) is 16.9. The normalized spacial score (nSPS) is 25.3. The number of benzene rings is 2.